The van der Waals surface area contributed by atoms with Crippen LogP contribution in [0.4, 0.5) is 5.69 Å². The molecule has 0 saturated heterocycles. The summed E-state index contributed by atoms with van der Waals surface area (Å²) in [7, 11) is 4.07. The first kappa shape index (κ1) is 31.1. The number of aromatic carboxylic acids is 1. The lowest BCUT2D eigenvalue weighted by atomic mass is 9.81. The molecule has 2 aromatic heterocycles. The Hall–Kier alpha value is -2.89. The van der Waals surface area contributed by atoms with E-state index in [2.05, 4.69) is 28.6 Å². The fourth-order valence-electron chi connectivity index (χ4n) is 5.79. The number of carbonyl (C=O) groups is 2. The highest BCUT2D eigenvalue weighted by molar-refractivity contribution is 7.15. The number of ether oxygens (including phenoxy) is 1. The van der Waals surface area contributed by atoms with Crippen LogP contribution in [-0.2, 0) is 11.3 Å². The zero-order valence-corrected chi connectivity index (χ0v) is 26.2. The van der Waals surface area contributed by atoms with Crippen LogP contribution in [0.3, 0.4) is 0 Å². The fourth-order valence-corrected chi connectivity index (χ4v) is 6.64. The van der Waals surface area contributed by atoms with Crippen LogP contribution in [0.1, 0.15) is 99.2 Å². The van der Waals surface area contributed by atoms with Gasteiger partial charge in [0.1, 0.15) is 11.0 Å². The molecule has 2 aliphatic rings. The van der Waals surface area contributed by atoms with Gasteiger partial charge in [0.25, 0.3) is 0 Å². The predicted octanol–water partition coefficient (Wildman–Crippen LogP) is 6.85. The van der Waals surface area contributed by atoms with E-state index < -0.39 is 5.97 Å². The van der Waals surface area contributed by atoms with Gasteiger partial charge in [0.2, 0.25) is 11.8 Å². The quantitative estimate of drug-likeness (QED) is 0.345. The zero-order chi connectivity index (χ0) is 29.7. The molecule has 2 heterocycles. The minimum absolute atomic E-state index is 0.00969. The summed E-state index contributed by atoms with van der Waals surface area (Å²) in [5, 5.41) is 10.2. The zero-order valence-electron chi connectivity index (χ0n) is 25.4. The van der Waals surface area contributed by atoms with E-state index >= 15 is 0 Å². The highest BCUT2D eigenvalue weighted by Crippen LogP contribution is 2.39. The van der Waals surface area contributed by atoms with Crippen molar-refractivity contribution in [2.45, 2.75) is 97.8 Å². The van der Waals surface area contributed by atoms with Crippen molar-refractivity contribution in [3.8, 4) is 17.7 Å². The van der Waals surface area contributed by atoms with E-state index in [-0.39, 0.29) is 34.3 Å². The summed E-state index contributed by atoms with van der Waals surface area (Å²) in [5.74, 6) is 6.62. The van der Waals surface area contributed by atoms with Crippen LogP contribution >= 0.6 is 11.3 Å². The van der Waals surface area contributed by atoms with E-state index in [0.717, 1.165) is 63.5 Å². The third kappa shape index (κ3) is 8.56. The predicted molar refractivity (Wildman–Crippen MR) is 165 cm³/mol. The Morgan fingerprint density at radius 3 is 2.37 bits per heavy atom. The summed E-state index contributed by atoms with van der Waals surface area (Å²) < 4.78 is 6.29. The molecule has 4 rings (SSSR count). The maximum absolute atomic E-state index is 14.2. The maximum atomic E-state index is 14.2. The first-order valence-corrected chi connectivity index (χ1v) is 15.7. The highest BCUT2D eigenvalue weighted by Gasteiger charge is 2.38. The normalized spacial score (nSPS) is 23.0. The number of anilines is 1. The monoisotopic (exact) mass is 579 g/mol. The second kappa shape index (κ2) is 13.4. The van der Waals surface area contributed by atoms with E-state index in [1.165, 1.54) is 11.3 Å². The van der Waals surface area contributed by atoms with Gasteiger partial charge in [0.15, 0.2) is 0 Å². The minimum atomic E-state index is -1.01. The molecule has 222 valence electrons. The lowest BCUT2D eigenvalue weighted by Crippen LogP contribution is -2.47. The van der Waals surface area contributed by atoms with Gasteiger partial charge in [-0.3, -0.25) is 4.79 Å². The van der Waals surface area contributed by atoms with Crippen molar-refractivity contribution in [1.82, 2.24) is 9.88 Å². The van der Waals surface area contributed by atoms with Crippen molar-refractivity contribution in [1.29, 1.82) is 0 Å². The molecule has 7 nitrogen and oxygen atoms in total. The van der Waals surface area contributed by atoms with Crippen molar-refractivity contribution in [3.63, 3.8) is 0 Å². The second-order valence-corrected chi connectivity index (χ2v) is 14.1. The molecule has 0 atom stereocenters. The summed E-state index contributed by atoms with van der Waals surface area (Å²) in [5.41, 5.74) is 1.45. The van der Waals surface area contributed by atoms with Crippen molar-refractivity contribution >= 4 is 28.9 Å². The number of hydrogen-bond acceptors (Lipinski definition) is 6. The average molecular weight is 580 g/mol. The number of carboxylic acid groups (broad SMARTS) is 1. The minimum Gasteiger partial charge on any atom is -0.477 e. The molecule has 2 saturated carbocycles. The number of aromatic nitrogens is 1. The van der Waals surface area contributed by atoms with Gasteiger partial charge in [-0.2, -0.15) is 0 Å². The Bertz CT molecular complexity index is 1270. The Labute approximate surface area is 249 Å². The van der Waals surface area contributed by atoms with E-state index in [1.807, 2.05) is 58.0 Å². The molecule has 2 fully saturated rings. The molecule has 8 heteroatoms. The van der Waals surface area contributed by atoms with Crippen molar-refractivity contribution in [3.05, 3.63) is 39.7 Å². The number of pyridine rings is 1. The average Bonchev–Trinajstić information content (AvgIpc) is 3.33. The summed E-state index contributed by atoms with van der Waals surface area (Å²) in [6, 6.07) is 5.75. The van der Waals surface area contributed by atoms with Gasteiger partial charge >= 0.3 is 5.97 Å². The summed E-state index contributed by atoms with van der Waals surface area (Å²) >= 11 is 1.17. The molecule has 0 aliphatic heterocycles. The third-order valence-electron chi connectivity index (χ3n) is 7.92. The Morgan fingerprint density at radius 1 is 1.07 bits per heavy atom. The lowest BCUT2D eigenvalue weighted by molar-refractivity contribution is -0.124. The molecule has 0 aromatic carbocycles. The molecule has 0 bridgehead atoms. The smallest absolute Gasteiger partial charge is 0.348 e. The van der Waals surface area contributed by atoms with Crippen molar-refractivity contribution in [2.24, 2.45) is 17.3 Å². The Kier molecular flexibility index (Phi) is 10.1. The molecule has 2 aromatic rings. The lowest BCUT2D eigenvalue weighted by Gasteiger charge is -2.39. The van der Waals surface area contributed by atoms with Gasteiger partial charge in [0, 0.05) is 36.2 Å². The first-order valence-electron chi connectivity index (χ1n) is 14.9. The number of hydrogen-bond donors (Lipinski definition) is 1. The molecule has 1 amide bonds. The number of rotatable bonds is 8. The van der Waals surface area contributed by atoms with Gasteiger partial charge < -0.3 is 19.6 Å². The highest BCUT2D eigenvalue weighted by atomic mass is 32.1. The van der Waals surface area contributed by atoms with Gasteiger partial charge in [0.05, 0.1) is 10.6 Å². The van der Waals surface area contributed by atoms with Gasteiger partial charge in [-0.25, -0.2) is 9.78 Å². The van der Waals surface area contributed by atoms with E-state index in [1.54, 1.807) is 6.20 Å². The van der Waals surface area contributed by atoms with Gasteiger partial charge in [-0.15, -0.1) is 11.3 Å². The third-order valence-corrected chi connectivity index (χ3v) is 8.95. The van der Waals surface area contributed by atoms with Crippen LogP contribution < -0.4 is 9.64 Å². The fraction of sp³-hybridized carbons (Fsp3) is 0.606. The molecule has 0 radical (unpaired) electrons. The van der Waals surface area contributed by atoms with Crippen molar-refractivity contribution < 1.29 is 19.4 Å². The number of amides is 1. The van der Waals surface area contributed by atoms with Gasteiger partial charge in [-0.05, 0) is 110 Å². The van der Waals surface area contributed by atoms with Crippen LogP contribution in [-0.4, -0.2) is 53.1 Å². The van der Waals surface area contributed by atoms with E-state index in [4.69, 9.17) is 4.74 Å². The molecule has 1 N–H and O–H groups in total. The largest absolute Gasteiger partial charge is 0.477 e. The van der Waals surface area contributed by atoms with E-state index in [9.17, 15) is 14.7 Å². The topological polar surface area (TPSA) is 83.0 Å². The summed E-state index contributed by atoms with van der Waals surface area (Å²) in [6.07, 6.45) is 8.61. The molecule has 2 aliphatic carbocycles. The number of carboxylic acids is 1. The van der Waals surface area contributed by atoms with Crippen LogP contribution in [0.5, 0.6) is 5.88 Å². The Balaban J connectivity index is 1.57. The molecule has 41 heavy (non-hydrogen) atoms. The number of carbonyl (C=O) groups excluding carboxylic acids is 1. The Morgan fingerprint density at radius 2 is 1.76 bits per heavy atom. The standard InChI is InChI=1S/C33H45N3O4S/c1-22-7-9-24(10-8-22)31(37)36(28-20-27(15-17-33(2,3)4)41-30(28)32(38)39)25-11-13-26(14-12-25)40-29-19-23(16-18-34-29)21-35(5)6/h16,18-20,22,24-26H,7-14,21H2,1-6H3,(H,38,39)/t22?,24?,25-,26-. The summed E-state index contributed by atoms with van der Waals surface area (Å²) in [4.78, 5) is 35.8. The molecular weight excluding hydrogens is 534 g/mol. The molecular formula is C33H45N3O4S. The van der Waals surface area contributed by atoms with Gasteiger partial charge in [-0.1, -0.05) is 18.8 Å². The van der Waals surface area contributed by atoms with E-state index in [0.29, 0.717) is 22.4 Å². The first-order chi connectivity index (χ1) is 19.4. The molecule has 0 unspecified atom stereocenters. The van der Waals surface area contributed by atoms with Crippen molar-refractivity contribution in [2.75, 3.05) is 19.0 Å². The van der Waals surface area contributed by atoms with Crippen LogP contribution in [0, 0.1) is 29.1 Å². The number of nitrogens with zero attached hydrogens (tertiary/aromatic N) is 3. The maximum Gasteiger partial charge on any atom is 0.348 e. The summed E-state index contributed by atoms with van der Waals surface area (Å²) in [6.45, 7) is 9.15. The number of thiophene rings is 1. The molecule has 0 spiro atoms. The second-order valence-electron chi connectivity index (χ2n) is 13.1. The van der Waals surface area contributed by atoms with Crippen LogP contribution in [0.2, 0.25) is 0 Å². The SMILES string of the molecule is CC1CCC(C(=O)N(c2cc(C#CC(C)(C)C)sc2C(=O)O)[C@H]2CC[C@H](Oc3cc(CN(C)C)ccn3)CC2)CC1. The van der Waals surface area contributed by atoms with Crippen LogP contribution in [0.15, 0.2) is 24.4 Å². The van der Waals surface area contributed by atoms with Crippen LogP contribution in [0.25, 0.3) is 0 Å².